The van der Waals surface area contributed by atoms with Crippen LogP contribution in [0.1, 0.15) is 43.5 Å². The van der Waals surface area contributed by atoms with Crippen molar-refractivity contribution in [2.24, 2.45) is 5.92 Å². The predicted octanol–water partition coefficient (Wildman–Crippen LogP) is 3.34. The molecular weight excluding hydrogens is 260 g/mol. The van der Waals surface area contributed by atoms with Crippen molar-refractivity contribution in [3.05, 3.63) is 29.8 Å². The summed E-state index contributed by atoms with van der Waals surface area (Å²) in [5, 5.41) is 0. The van der Waals surface area contributed by atoms with Gasteiger partial charge in [-0.2, -0.15) is 0 Å². The Labute approximate surface area is 121 Å². The maximum absolute atomic E-state index is 12.5. The first-order chi connectivity index (χ1) is 8.58. The van der Waals surface area contributed by atoms with Crippen LogP contribution in [0.3, 0.4) is 0 Å². The number of hydrogen-bond donors (Lipinski definition) is 1. The maximum Gasteiger partial charge on any atom is 0.254 e. The van der Waals surface area contributed by atoms with Gasteiger partial charge in [-0.3, -0.25) is 4.79 Å². The van der Waals surface area contributed by atoms with E-state index in [1.807, 2.05) is 23.1 Å². The van der Waals surface area contributed by atoms with Crippen molar-refractivity contribution in [3.63, 3.8) is 0 Å². The van der Waals surface area contributed by atoms with Crippen LogP contribution in [0.15, 0.2) is 24.3 Å². The van der Waals surface area contributed by atoms with Gasteiger partial charge in [0.1, 0.15) is 0 Å². The molecule has 19 heavy (non-hydrogen) atoms. The Kier molecular flexibility index (Phi) is 5.67. The monoisotopic (exact) mass is 282 g/mol. The van der Waals surface area contributed by atoms with E-state index in [2.05, 4.69) is 13.8 Å². The second kappa shape index (κ2) is 6.80. The summed E-state index contributed by atoms with van der Waals surface area (Å²) in [7, 11) is 0. The lowest BCUT2D eigenvalue weighted by atomic mass is 10.1. The number of carbonyl (C=O) groups is 1. The molecule has 1 aromatic rings. The highest BCUT2D eigenvalue weighted by Gasteiger charge is 2.25. The minimum atomic E-state index is 0. The first kappa shape index (κ1) is 15.8. The molecule has 1 fully saturated rings. The molecule has 0 aliphatic carbocycles. The van der Waals surface area contributed by atoms with Crippen molar-refractivity contribution in [2.75, 3.05) is 12.3 Å². The molecule has 2 N–H and O–H groups in total. The molecule has 1 saturated heterocycles. The quantitative estimate of drug-likeness (QED) is 0.803. The number of rotatable bonds is 1. The van der Waals surface area contributed by atoms with Crippen LogP contribution in [0, 0.1) is 5.92 Å². The zero-order chi connectivity index (χ0) is 13.1. The van der Waals surface area contributed by atoms with E-state index in [0.29, 0.717) is 23.2 Å². The maximum atomic E-state index is 12.5. The van der Waals surface area contributed by atoms with E-state index in [4.69, 9.17) is 5.73 Å². The van der Waals surface area contributed by atoms with Crippen LogP contribution in [0.4, 0.5) is 5.69 Å². The molecule has 1 aromatic carbocycles. The van der Waals surface area contributed by atoms with E-state index < -0.39 is 0 Å². The molecule has 0 bridgehead atoms. The third-order valence-electron chi connectivity index (χ3n) is 3.75. The van der Waals surface area contributed by atoms with Crippen LogP contribution >= 0.6 is 12.4 Å². The third kappa shape index (κ3) is 3.87. The molecule has 2 atom stereocenters. The number of hydrogen-bond acceptors (Lipinski definition) is 2. The largest absolute Gasteiger partial charge is 0.399 e. The molecule has 1 aliphatic rings. The van der Waals surface area contributed by atoms with Gasteiger partial charge in [-0.25, -0.2) is 0 Å². The number of nitrogens with zero attached hydrogens (tertiary/aromatic N) is 1. The number of carbonyl (C=O) groups excluding carboxylic acids is 1. The summed E-state index contributed by atoms with van der Waals surface area (Å²) < 4.78 is 0. The first-order valence-electron chi connectivity index (χ1n) is 6.74. The van der Waals surface area contributed by atoms with Crippen molar-refractivity contribution in [2.45, 2.75) is 39.2 Å². The fourth-order valence-corrected chi connectivity index (χ4v) is 2.65. The van der Waals surface area contributed by atoms with Crippen LogP contribution in [0.5, 0.6) is 0 Å². The molecule has 1 heterocycles. The van der Waals surface area contributed by atoms with Gasteiger partial charge >= 0.3 is 0 Å². The van der Waals surface area contributed by atoms with Gasteiger partial charge in [0, 0.05) is 23.8 Å². The van der Waals surface area contributed by atoms with Crippen LogP contribution in [-0.2, 0) is 0 Å². The van der Waals surface area contributed by atoms with E-state index in [0.717, 1.165) is 13.0 Å². The topological polar surface area (TPSA) is 46.3 Å². The number of amides is 1. The van der Waals surface area contributed by atoms with Gasteiger partial charge in [0.2, 0.25) is 0 Å². The molecule has 1 aliphatic heterocycles. The summed E-state index contributed by atoms with van der Waals surface area (Å²) in [5.41, 5.74) is 7.10. The highest BCUT2D eigenvalue weighted by atomic mass is 35.5. The van der Waals surface area contributed by atoms with Crippen molar-refractivity contribution in [1.82, 2.24) is 4.90 Å². The lowest BCUT2D eigenvalue weighted by Gasteiger charge is -2.28. The lowest BCUT2D eigenvalue weighted by molar-refractivity contribution is 0.0677. The molecule has 2 rings (SSSR count). The first-order valence-corrected chi connectivity index (χ1v) is 6.74. The highest BCUT2D eigenvalue weighted by molar-refractivity contribution is 5.95. The number of likely N-dealkylation sites (tertiary alicyclic amines) is 1. The highest BCUT2D eigenvalue weighted by Crippen LogP contribution is 2.22. The number of halogens is 1. The fourth-order valence-electron chi connectivity index (χ4n) is 2.65. The predicted molar refractivity (Wildman–Crippen MR) is 81.6 cm³/mol. The van der Waals surface area contributed by atoms with Gasteiger partial charge < -0.3 is 10.6 Å². The van der Waals surface area contributed by atoms with E-state index in [1.54, 1.807) is 6.07 Å². The summed E-state index contributed by atoms with van der Waals surface area (Å²) in [5.74, 6) is 0.698. The molecule has 3 nitrogen and oxygen atoms in total. The Bertz CT molecular complexity index is 436. The van der Waals surface area contributed by atoms with Gasteiger partial charge in [0.05, 0.1) is 0 Å². The van der Waals surface area contributed by atoms with Crippen molar-refractivity contribution in [1.29, 1.82) is 0 Å². The van der Waals surface area contributed by atoms with Crippen molar-refractivity contribution >= 4 is 24.0 Å². The number of nitrogens with two attached hydrogens (primary N) is 1. The number of anilines is 1. The zero-order valence-electron chi connectivity index (χ0n) is 11.6. The fraction of sp³-hybridized carbons (Fsp3) is 0.533. The molecule has 0 saturated carbocycles. The molecule has 2 unspecified atom stereocenters. The SMILES string of the molecule is CC1CCCC(C)N(C(=O)c2cccc(N)c2)C1.Cl. The lowest BCUT2D eigenvalue weighted by Crippen LogP contribution is -2.39. The number of benzene rings is 1. The second-order valence-corrected chi connectivity index (χ2v) is 5.47. The Balaban J connectivity index is 0.00000180. The van der Waals surface area contributed by atoms with Crippen molar-refractivity contribution in [3.8, 4) is 0 Å². The molecule has 1 amide bonds. The number of nitrogen functional groups attached to an aromatic ring is 1. The van der Waals surface area contributed by atoms with Crippen molar-refractivity contribution < 1.29 is 4.79 Å². The van der Waals surface area contributed by atoms with Gasteiger partial charge in [-0.1, -0.05) is 19.4 Å². The summed E-state index contributed by atoms with van der Waals surface area (Å²) in [6.45, 7) is 5.22. The van der Waals surface area contributed by atoms with Gasteiger partial charge in [-0.05, 0) is 43.9 Å². The summed E-state index contributed by atoms with van der Waals surface area (Å²) in [6, 6.07) is 7.59. The molecule has 0 radical (unpaired) electrons. The smallest absolute Gasteiger partial charge is 0.254 e. The summed E-state index contributed by atoms with van der Waals surface area (Å²) in [6.07, 6.45) is 3.52. The third-order valence-corrected chi connectivity index (χ3v) is 3.75. The Hall–Kier alpha value is -1.22. The standard InChI is InChI=1S/C15H22N2O.ClH/c1-11-5-3-6-12(2)17(10-11)15(18)13-7-4-8-14(16)9-13;/h4,7-9,11-12H,3,5-6,10,16H2,1-2H3;1H. The van der Waals surface area contributed by atoms with E-state index in [9.17, 15) is 4.79 Å². The minimum absolute atomic E-state index is 0. The molecule has 0 spiro atoms. The molecule has 0 aromatic heterocycles. The summed E-state index contributed by atoms with van der Waals surface area (Å²) in [4.78, 5) is 14.5. The van der Waals surface area contributed by atoms with Crippen LogP contribution in [0.25, 0.3) is 0 Å². The van der Waals surface area contributed by atoms with E-state index >= 15 is 0 Å². The summed E-state index contributed by atoms with van der Waals surface area (Å²) >= 11 is 0. The molecular formula is C15H23ClN2O. The van der Waals surface area contributed by atoms with E-state index in [1.165, 1.54) is 12.8 Å². The Morgan fingerprint density at radius 1 is 1.32 bits per heavy atom. The van der Waals surface area contributed by atoms with Gasteiger partial charge in [0.15, 0.2) is 0 Å². The van der Waals surface area contributed by atoms with E-state index in [-0.39, 0.29) is 18.3 Å². The minimum Gasteiger partial charge on any atom is -0.399 e. The normalized spacial score (nSPS) is 23.4. The Morgan fingerprint density at radius 2 is 2.05 bits per heavy atom. The van der Waals surface area contributed by atoms with Crippen LogP contribution < -0.4 is 5.73 Å². The Morgan fingerprint density at radius 3 is 2.74 bits per heavy atom. The average Bonchev–Trinajstić information content (AvgIpc) is 2.50. The van der Waals surface area contributed by atoms with Gasteiger partial charge in [-0.15, -0.1) is 12.4 Å². The molecule has 4 heteroatoms. The van der Waals surface area contributed by atoms with Gasteiger partial charge in [0.25, 0.3) is 5.91 Å². The van der Waals surface area contributed by atoms with Crippen LogP contribution in [-0.4, -0.2) is 23.4 Å². The average molecular weight is 283 g/mol. The van der Waals surface area contributed by atoms with Crippen LogP contribution in [0.2, 0.25) is 0 Å². The second-order valence-electron chi connectivity index (χ2n) is 5.47. The zero-order valence-corrected chi connectivity index (χ0v) is 12.5. The molecule has 106 valence electrons.